The van der Waals surface area contributed by atoms with Gasteiger partial charge >= 0.3 is 0 Å². The van der Waals surface area contributed by atoms with Gasteiger partial charge in [0.1, 0.15) is 24.1 Å². The lowest BCUT2D eigenvalue weighted by molar-refractivity contribution is -0.123. The van der Waals surface area contributed by atoms with Crippen molar-refractivity contribution in [3.05, 3.63) is 24.3 Å². The first kappa shape index (κ1) is 15.6. The summed E-state index contributed by atoms with van der Waals surface area (Å²) >= 11 is 0. The zero-order valence-corrected chi connectivity index (χ0v) is 12.4. The van der Waals surface area contributed by atoms with E-state index in [0.29, 0.717) is 26.3 Å². The van der Waals surface area contributed by atoms with E-state index in [-0.39, 0.29) is 11.9 Å². The van der Waals surface area contributed by atoms with Gasteiger partial charge in [0, 0.05) is 26.2 Å². The van der Waals surface area contributed by atoms with Gasteiger partial charge in [0.15, 0.2) is 0 Å². The molecule has 0 aromatic heterocycles. The summed E-state index contributed by atoms with van der Waals surface area (Å²) in [5.41, 5.74) is 5.41. The molecule has 0 radical (unpaired) electrons. The van der Waals surface area contributed by atoms with E-state index in [1.165, 1.54) is 0 Å². The number of hydrogen-bond donors (Lipinski definition) is 2. The quantitative estimate of drug-likeness (QED) is 0.752. The van der Waals surface area contributed by atoms with E-state index in [0.717, 1.165) is 24.6 Å². The molecule has 1 atom stereocenters. The molecule has 21 heavy (non-hydrogen) atoms. The Morgan fingerprint density at radius 1 is 1.33 bits per heavy atom. The van der Waals surface area contributed by atoms with Gasteiger partial charge in [0.25, 0.3) is 0 Å². The summed E-state index contributed by atoms with van der Waals surface area (Å²) in [4.78, 5) is 13.4. The number of nitrogens with zero attached hydrogens (tertiary/aromatic N) is 1. The van der Waals surface area contributed by atoms with Gasteiger partial charge in [-0.2, -0.15) is 0 Å². The molecule has 0 bridgehead atoms. The van der Waals surface area contributed by atoms with Crippen molar-refractivity contribution in [2.24, 2.45) is 5.73 Å². The van der Waals surface area contributed by atoms with E-state index in [1.807, 2.05) is 31.2 Å². The highest BCUT2D eigenvalue weighted by Gasteiger charge is 2.26. The lowest BCUT2D eigenvalue weighted by Crippen LogP contribution is -2.57. The molecule has 0 saturated carbocycles. The molecular formula is C15H23N3O3. The number of ether oxygens (including phenoxy) is 2. The van der Waals surface area contributed by atoms with Crippen molar-refractivity contribution in [1.82, 2.24) is 10.2 Å². The van der Waals surface area contributed by atoms with Crippen LogP contribution in [0, 0.1) is 0 Å². The fourth-order valence-corrected chi connectivity index (χ4v) is 2.37. The van der Waals surface area contributed by atoms with Gasteiger partial charge in [-0.25, -0.2) is 0 Å². The number of amides is 1. The second-order valence-corrected chi connectivity index (χ2v) is 4.91. The molecule has 1 unspecified atom stereocenters. The van der Waals surface area contributed by atoms with E-state index in [9.17, 15) is 4.79 Å². The standard InChI is InChI=1S/C15H23N3O3/c1-2-20-12-3-5-13(6-4-12)21-10-9-18-8-7-17-11-14(18)15(16)19/h3-6,14,17H,2,7-11H2,1H3,(H2,16,19). The molecule has 1 saturated heterocycles. The molecule has 1 aliphatic rings. The number of rotatable bonds is 7. The van der Waals surface area contributed by atoms with Gasteiger partial charge in [-0.05, 0) is 31.2 Å². The van der Waals surface area contributed by atoms with Crippen molar-refractivity contribution in [3.8, 4) is 11.5 Å². The Balaban J connectivity index is 1.78. The largest absolute Gasteiger partial charge is 0.494 e. The minimum Gasteiger partial charge on any atom is -0.494 e. The summed E-state index contributed by atoms with van der Waals surface area (Å²) in [6.45, 7) is 6.09. The first-order valence-electron chi connectivity index (χ1n) is 7.30. The van der Waals surface area contributed by atoms with Gasteiger partial charge in [-0.3, -0.25) is 9.69 Å². The summed E-state index contributed by atoms with van der Waals surface area (Å²) < 4.78 is 11.1. The van der Waals surface area contributed by atoms with Crippen LogP contribution in [0.1, 0.15) is 6.92 Å². The average molecular weight is 293 g/mol. The number of nitrogens with one attached hydrogen (secondary N) is 1. The molecule has 1 fully saturated rings. The first-order chi connectivity index (χ1) is 10.2. The van der Waals surface area contributed by atoms with Gasteiger partial charge < -0.3 is 20.5 Å². The lowest BCUT2D eigenvalue weighted by Gasteiger charge is -2.33. The number of nitrogens with two attached hydrogens (primary N) is 1. The molecule has 0 spiro atoms. The number of carbonyl (C=O) groups excluding carboxylic acids is 1. The zero-order chi connectivity index (χ0) is 15.1. The van der Waals surface area contributed by atoms with Crippen molar-refractivity contribution in [2.75, 3.05) is 39.4 Å². The van der Waals surface area contributed by atoms with Crippen LogP contribution in [0.2, 0.25) is 0 Å². The van der Waals surface area contributed by atoms with Crippen LogP contribution in [0.25, 0.3) is 0 Å². The number of hydrogen-bond acceptors (Lipinski definition) is 5. The van der Waals surface area contributed by atoms with Crippen LogP contribution in [0.15, 0.2) is 24.3 Å². The van der Waals surface area contributed by atoms with Gasteiger partial charge in [-0.15, -0.1) is 0 Å². The fourth-order valence-electron chi connectivity index (χ4n) is 2.37. The molecule has 6 nitrogen and oxygen atoms in total. The topological polar surface area (TPSA) is 76.8 Å². The smallest absolute Gasteiger partial charge is 0.236 e. The molecule has 1 amide bonds. The summed E-state index contributed by atoms with van der Waals surface area (Å²) in [7, 11) is 0. The maximum atomic E-state index is 11.4. The van der Waals surface area contributed by atoms with Gasteiger partial charge in [0.05, 0.1) is 6.61 Å². The van der Waals surface area contributed by atoms with E-state index >= 15 is 0 Å². The Morgan fingerprint density at radius 3 is 2.62 bits per heavy atom. The maximum absolute atomic E-state index is 11.4. The molecule has 1 aliphatic heterocycles. The number of piperazine rings is 1. The monoisotopic (exact) mass is 293 g/mol. The third-order valence-corrected chi connectivity index (χ3v) is 3.46. The van der Waals surface area contributed by atoms with Crippen LogP contribution in [-0.4, -0.2) is 56.2 Å². The van der Waals surface area contributed by atoms with Crippen LogP contribution in [0.5, 0.6) is 11.5 Å². The second-order valence-electron chi connectivity index (χ2n) is 4.91. The first-order valence-corrected chi connectivity index (χ1v) is 7.30. The Labute approximate surface area is 125 Å². The molecule has 0 aliphatic carbocycles. The minimum atomic E-state index is -0.289. The Bertz CT molecular complexity index is 450. The molecular weight excluding hydrogens is 270 g/mol. The highest BCUT2D eigenvalue weighted by atomic mass is 16.5. The molecule has 1 aromatic rings. The predicted octanol–water partition coefficient (Wildman–Crippen LogP) is 0.223. The molecule has 1 aromatic carbocycles. The Morgan fingerprint density at radius 2 is 2.00 bits per heavy atom. The van der Waals surface area contributed by atoms with Crippen LogP contribution >= 0.6 is 0 Å². The summed E-state index contributed by atoms with van der Waals surface area (Å²) in [5.74, 6) is 1.34. The highest BCUT2D eigenvalue weighted by molar-refractivity contribution is 5.80. The van der Waals surface area contributed by atoms with Crippen LogP contribution in [-0.2, 0) is 4.79 Å². The molecule has 3 N–H and O–H groups in total. The maximum Gasteiger partial charge on any atom is 0.236 e. The highest BCUT2D eigenvalue weighted by Crippen LogP contribution is 2.17. The lowest BCUT2D eigenvalue weighted by atomic mass is 10.2. The van der Waals surface area contributed by atoms with Crippen LogP contribution in [0.4, 0.5) is 0 Å². The van der Waals surface area contributed by atoms with Crippen molar-refractivity contribution in [2.45, 2.75) is 13.0 Å². The van der Waals surface area contributed by atoms with Crippen molar-refractivity contribution in [3.63, 3.8) is 0 Å². The van der Waals surface area contributed by atoms with E-state index in [2.05, 4.69) is 10.2 Å². The summed E-state index contributed by atoms with van der Waals surface area (Å²) in [5, 5.41) is 3.18. The fraction of sp³-hybridized carbons (Fsp3) is 0.533. The van der Waals surface area contributed by atoms with Crippen molar-refractivity contribution < 1.29 is 14.3 Å². The number of carbonyl (C=O) groups is 1. The van der Waals surface area contributed by atoms with Gasteiger partial charge in [0.2, 0.25) is 5.91 Å². The molecule has 2 rings (SSSR count). The molecule has 6 heteroatoms. The van der Waals surface area contributed by atoms with Gasteiger partial charge in [-0.1, -0.05) is 0 Å². The average Bonchev–Trinajstić information content (AvgIpc) is 2.50. The third-order valence-electron chi connectivity index (χ3n) is 3.46. The summed E-state index contributed by atoms with van der Waals surface area (Å²) in [6.07, 6.45) is 0. The molecule has 1 heterocycles. The van der Waals surface area contributed by atoms with Crippen LogP contribution in [0.3, 0.4) is 0 Å². The van der Waals surface area contributed by atoms with Crippen LogP contribution < -0.4 is 20.5 Å². The van der Waals surface area contributed by atoms with E-state index < -0.39 is 0 Å². The molecule has 116 valence electrons. The van der Waals surface area contributed by atoms with E-state index in [4.69, 9.17) is 15.2 Å². The number of primary amides is 1. The third kappa shape index (κ3) is 4.61. The summed E-state index contributed by atoms with van der Waals surface area (Å²) in [6, 6.07) is 7.29. The Hall–Kier alpha value is -1.79. The number of benzene rings is 1. The van der Waals surface area contributed by atoms with Crippen molar-refractivity contribution >= 4 is 5.91 Å². The van der Waals surface area contributed by atoms with Crippen molar-refractivity contribution in [1.29, 1.82) is 0 Å². The Kier molecular flexibility index (Phi) is 5.83. The zero-order valence-electron chi connectivity index (χ0n) is 12.4. The normalized spacial score (nSPS) is 19.2. The predicted molar refractivity (Wildman–Crippen MR) is 80.5 cm³/mol. The van der Waals surface area contributed by atoms with E-state index in [1.54, 1.807) is 0 Å². The second kappa shape index (κ2) is 7.85. The SMILES string of the molecule is CCOc1ccc(OCCN2CCNCC2C(N)=O)cc1. The minimum absolute atomic E-state index is 0.248.